The summed E-state index contributed by atoms with van der Waals surface area (Å²) in [6, 6.07) is 12.9. The van der Waals surface area contributed by atoms with E-state index < -0.39 is 12.6 Å². The maximum atomic E-state index is 12.4. The summed E-state index contributed by atoms with van der Waals surface area (Å²) in [5, 5.41) is 12.1. The minimum absolute atomic E-state index is 0.225. The molecule has 0 spiro atoms. The van der Waals surface area contributed by atoms with Gasteiger partial charge in [-0.05, 0) is 60.5 Å². The van der Waals surface area contributed by atoms with Crippen LogP contribution in [0.4, 0.5) is 5.69 Å². The molecular formula is C22H22N2O5S. The van der Waals surface area contributed by atoms with Crippen molar-refractivity contribution in [1.82, 2.24) is 5.32 Å². The number of nitrogens with one attached hydrogen (secondary N) is 1. The first-order valence-electron chi connectivity index (χ1n) is 9.49. The first-order chi connectivity index (χ1) is 14.5. The van der Waals surface area contributed by atoms with Crippen molar-refractivity contribution in [2.75, 3.05) is 13.2 Å². The van der Waals surface area contributed by atoms with Gasteiger partial charge in [0.15, 0.2) is 23.3 Å². The predicted molar refractivity (Wildman–Crippen MR) is 117 cm³/mol. The van der Waals surface area contributed by atoms with E-state index in [9.17, 15) is 9.59 Å². The Bertz CT molecular complexity index is 1020. The summed E-state index contributed by atoms with van der Waals surface area (Å²) < 4.78 is 10.8. The number of carboxylic acid groups (broad SMARTS) is 1. The summed E-state index contributed by atoms with van der Waals surface area (Å²) >= 11 is 1.27. The summed E-state index contributed by atoms with van der Waals surface area (Å²) in [6.45, 7) is 3.82. The Morgan fingerprint density at radius 3 is 2.70 bits per heavy atom. The second-order valence-corrected chi connectivity index (χ2v) is 7.32. The van der Waals surface area contributed by atoms with Crippen molar-refractivity contribution in [2.24, 2.45) is 4.99 Å². The summed E-state index contributed by atoms with van der Waals surface area (Å²) in [7, 11) is 0. The van der Waals surface area contributed by atoms with Crippen molar-refractivity contribution in [3.63, 3.8) is 0 Å². The number of rotatable bonds is 8. The van der Waals surface area contributed by atoms with Crippen LogP contribution in [0.5, 0.6) is 11.5 Å². The second kappa shape index (κ2) is 9.98. The van der Waals surface area contributed by atoms with Crippen LogP contribution in [-0.4, -0.2) is 35.4 Å². The van der Waals surface area contributed by atoms with E-state index in [2.05, 4.69) is 17.2 Å². The normalized spacial score (nSPS) is 16.0. The van der Waals surface area contributed by atoms with Crippen molar-refractivity contribution < 1.29 is 24.2 Å². The number of benzene rings is 2. The summed E-state index contributed by atoms with van der Waals surface area (Å²) in [5.74, 6) is -0.540. The smallest absolute Gasteiger partial charge is 0.341 e. The second-order valence-electron chi connectivity index (χ2n) is 6.29. The average molecular weight is 426 g/mol. The van der Waals surface area contributed by atoms with E-state index in [4.69, 9.17) is 14.6 Å². The van der Waals surface area contributed by atoms with Crippen molar-refractivity contribution >= 4 is 40.6 Å². The Morgan fingerprint density at radius 2 is 1.97 bits per heavy atom. The lowest BCUT2D eigenvalue weighted by Gasteiger charge is -2.11. The van der Waals surface area contributed by atoms with Gasteiger partial charge in [0.05, 0.1) is 17.2 Å². The minimum atomic E-state index is -1.07. The van der Waals surface area contributed by atoms with E-state index in [-0.39, 0.29) is 5.91 Å². The number of thioether (sulfide) groups is 1. The zero-order chi connectivity index (χ0) is 21.5. The zero-order valence-electron chi connectivity index (χ0n) is 16.7. The number of carbonyl (C=O) groups excluding carboxylic acids is 1. The molecule has 2 N–H and O–H groups in total. The highest BCUT2D eigenvalue weighted by Crippen LogP contribution is 2.33. The van der Waals surface area contributed by atoms with Crippen molar-refractivity contribution in [1.29, 1.82) is 0 Å². The quantitative estimate of drug-likeness (QED) is 0.619. The molecule has 0 atom stereocenters. The van der Waals surface area contributed by atoms with Crippen LogP contribution in [0.1, 0.15) is 25.0 Å². The van der Waals surface area contributed by atoms with Gasteiger partial charge >= 0.3 is 5.97 Å². The Balaban J connectivity index is 1.82. The van der Waals surface area contributed by atoms with Crippen LogP contribution in [-0.2, 0) is 16.0 Å². The number of aryl methyl sites for hydroxylation is 1. The maximum Gasteiger partial charge on any atom is 0.341 e. The third-order valence-corrected chi connectivity index (χ3v) is 5.07. The number of amidine groups is 1. The number of ether oxygens (including phenoxy) is 2. The Morgan fingerprint density at radius 1 is 1.17 bits per heavy atom. The molecule has 1 amide bonds. The standard InChI is InChI=1S/C22H22N2O5S/c1-3-15-7-5-6-8-16(15)23-22-24-21(27)19(30-22)12-14-9-10-17(29-13-20(25)26)18(11-14)28-4-2/h5-12H,3-4,13H2,1-2H3,(H,25,26)(H,23,24,27)/b19-12+. The molecule has 1 heterocycles. The molecule has 8 heteroatoms. The molecule has 0 aliphatic carbocycles. The van der Waals surface area contributed by atoms with Gasteiger partial charge in [-0.3, -0.25) is 4.79 Å². The Kier molecular flexibility index (Phi) is 7.13. The third kappa shape index (κ3) is 5.42. The first kappa shape index (κ1) is 21.4. The van der Waals surface area contributed by atoms with Crippen LogP contribution in [0.25, 0.3) is 6.08 Å². The molecular weight excluding hydrogens is 404 g/mol. The topological polar surface area (TPSA) is 97.2 Å². The molecule has 3 rings (SSSR count). The van der Waals surface area contributed by atoms with Gasteiger partial charge in [-0.2, -0.15) is 0 Å². The molecule has 2 aromatic rings. The largest absolute Gasteiger partial charge is 0.490 e. The van der Waals surface area contributed by atoms with Gasteiger partial charge in [0.1, 0.15) is 0 Å². The van der Waals surface area contributed by atoms with Crippen molar-refractivity contribution in [3.05, 3.63) is 58.5 Å². The number of carbonyl (C=O) groups is 2. The number of aliphatic carboxylic acids is 1. The van der Waals surface area contributed by atoms with Crippen molar-refractivity contribution in [3.8, 4) is 11.5 Å². The molecule has 0 saturated carbocycles. The molecule has 0 aromatic heterocycles. The van der Waals surface area contributed by atoms with Gasteiger partial charge in [0, 0.05) is 0 Å². The lowest BCUT2D eigenvalue weighted by Crippen LogP contribution is -2.19. The lowest BCUT2D eigenvalue weighted by atomic mass is 10.1. The average Bonchev–Trinajstić information content (AvgIpc) is 3.06. The number of nitrogens with zero attached hydrogens (tertiary/aromatic N) is 1. The highest BCUT2D eigenvalue weighted by molar-refractivity contribution is 8.18. The van der Waals surface area contributed by atoms with E-state index >= 15 is 0 Å². The maximum absolute atomic E-state index is 12.4. The van der Waals surface area contributed by atoms with Gasteiger partial charge in [-0.15, -0.1) is 0 Å². The van der Waals surface area contributed by atoms with Gasteiger partial charge in [0.25, 0.3) is 5.91 Å². The van der Waals surface area contributed by atoms with E-state index in [0.717, 1.165) is 23.2 Å². The SMILES string of the molecule is CCOc1cc(/C=C2/SC(=Nc3ccccc3CC)NC2=O)ccc1OCC(=O)O. The van der Waals surface area contributed by atoms with Crippen LogP contribution in [0, 0.1) is 0 Å². The summed E-state index contributed by atoms with van der Waals surface area (Å²) in [4.78, 5) is 28.2. The molecule has 1 saturated heterocycles. The fourth-order valence-corrected chi connectivity index (χ4v) is 3.64. The van der Waals surface area contributed by atoms with Crippen molar-refractivity contribution in [2.45, 2.75) is 20.3 Å². The van der Waals surface area contributed by atoms with Gasteiger partial charge in [-0.25, -0.2) is 9.79 Å². The van der Waals surface area contributed by atoms with Gasteiger partial charge in [-0.1, -0.05) is 31.2 Å². The molecule has 156 valence electrons. The van der Waals surface area contributed by atoms with Crippen LogP contribution < -0.4 is 14.8 Å². The Labute approximate surface area is 178 Å². The predicted octanol–water partition coefficient (Wildman–Crippen LogP) is 4.00. The van der Waals surface area contributed by atoms with Crippen LogP contribution in [0.3, 0.4) is 0 Å². The van der Waals surface area contributed by atoms with Crippen LogP contribution in [0.15, 0.2) is 52.4 Å². The highest BCUT2D eigenvalue weighted by atomic mass is 32.2. The van der Waals surface area contributed by atoms with E-state index in [1.54, 1.807) is 24.3 Å². The zero-order valence-corrected chi connectivity index (χ0v) is 17.5. The highest BCUT2D eigenvalue weighted by Gasteiger charge is 2.24. The number of aliphatic imine (C=N–C) groups is 1. The van der Waals surface area contributed by atoms with Crippen LogP contribution in [0.2, 0.25) is 0 Å². The monoisotopic (exact) mass is 426 g/mol. The summed E-state index contributed by atoms with van der Waals surface area (Å²) in [6.07, 6.45) is 2.59. The molecule has 0 radical (unpaired) electrons. The molecule has 1 aliphatic heterocycles. The van der Waals surface area contributed by atoms with Gasteiger partial charge < -0.3 is 19.9 Å². The fourth-order valence-electron chi connectivity index (χ4n) is 2.80. The number of amides is 1. The number of para-hydroxylation sites is 1. The van der Waals surface area contributed by atoms with Gasteiger partial charge in [0.2, 0.25) is 0 Å². The summed E-state index contributed by atoms with van der Waals surface area (Å²) in [5.41, 5.74) is 2.67. The van der Waals surface area contributed by atoms with E-state index in [0.29, 0.717) is 28.2 Å². The minimum Gasteiger partial charge on any atom is -0.490 e. The molecule has 0 unspecified atom stereocenters. The molecule has 1 fully saturated rings. The molecule has 30 heavy (non-hydrogen) atoms. The Hall–Kier alpha value is -3.26. The molecule has 1 aliphatic rings. The molecule has 2 aromatic carbocycles. The van der Waals surface area contributed by atoms with E-state index in [1.165, 1.54) is 11.8 Å². The lowest BCUT2D eigenvalue weighted by molar-refractivity contribution is -0.139. The van der Waals surface area contributed by atoms with Crippen LogP contribution >= 0.6 is 11.8 Å². The first-order valence-corrected chi connectivity index (χ1v) is 10.3. The fraction of sp³-hybridized carbons (Fsp3) is 0.227. The molecule has 0 bridgehead atoms. The molecule has 7 nitrogen and oxygen atoms in total. The number of hydrogen-bond acceptors (Lipinski definition) is 6. The number of hydrogen-bond donors (Lipinski definition) is 2. The number of carboxylic acids is 1. The van der Waals surface area contributed by atoms with E-state index in [1.807, 2.05) is 31.2 Å². The third-order valence-electron chi connectivity index (χ3n) is 4.16.